The summed E-state index contributed by atoms with van der Waals surface area (Å²) in [6.45, 7) is 0. The molecule has 0 bridgehead atoms. The number of hydrogen-bond acceptors (Lipinski definition) is 2. The van der Waals surface area contributed by atoms with E-state index in [4.69, 9.17) is 0 Å². The molecular weight excluding hydrogens is 276 g/mol. The van der Waals surface area contributed by atoms with Crippen molar-refractivity contribution in [1.29, 1.82) is 0 Å². The third kappa shape index (κ3) is 2.27. The monoisotopic (exact) mass is 278 g/mol. The Morgan fingerprint density at radius 3 is 2.82 bits per heavy atom. The number of halogens is 2. The maximum atomic E-state index is 10.0. The third-order valence-corrected chi connectivity index (χ3v) is 2.12. The molecule has 1 N–H and O–H groups in total. The molecule has 1 aromatic rings. The summed E-state index contributed by atoms with van der Waals surface area (Å²) in [6.07, 6.45) is 2.16. The normalized spacial score (nSPS) is 9.27. The molecule has 0 aromatic carbocycles. The quantitative estimate of drug-likeness (QED) is 0.666. The van der Waals surface area contributed by atoms with Gasteiger partial charge in [-0.05, 0) is 37.9 Å². The SMILES string of the molecule is O=CNc1cnc(Br)cc1Br. The van der Waals surface area contributed by atoms with Gasteiger partial charge in [0.15, 0.2) is 0 Å². The summed E-state index contributed by atoms with van der Waals surface area (Å²) < 4.78 is 1.52. The van der Waals surface area contributed by atoms with E-state index in [0.717, 1.165) is 9.08 Å². The molecule has 0 saturated heterocycles. The lowest BCUT2D eigenvalue weighted by atomic mass is 10.4. The first-order chi connectivity index (χ1) is 5.24. The zero-order chi connectivity index (χ0) is 8.27. The van der Waals surface area contributed by atoms with E-state index >= 15 is 0 Å². The molecule has 58 valence electrons. The fraction of sp³-hybridized carbons (Fsp3) is 0. The second kappa shape index (κ2) is 3.82. The molecule has 0 fully saturated rings. The summed E-state index contributed by atoms with van der Waals surface area (Å²) in [7, 11) is 0. The van der Waals surface area contributed by atoms with Crippen LogP contribution in [0.2, 0.25) is 0 Å². The van der Waals surface area contributed by atoms with E-state index in [1.54, 1.807) is 12.3 Å². The predicted molar refractivity (Wildman–Crippen MR) is 49.3 cm³/mol. The first-order valence-corrected chi connectivity index (χ1v) is 4.34. The second-order valence-corrected chi connectivity index (χ2v) is 3.42. The van der Waals surface area contributed by atoms with Gasteiger partial charge in [-0.25, -0.2) is 4.98 Å². The Kier molecular flexibility index (Phi) is 3.02. The van der Waals surface area contributed by atoms with Gasteiger partial charge in [-0.3, -0.25) is 4.79 Å². The first kappa shape index (κ1) is 8.67. The van der Waals surface area contributed by atoms with Crippen LogP contribution < -0.4 is 5.32 Å². The minimum absolute atomic E-state index is 0.607. The van der Waals surface area contributed by atoms with Crippen LogP contribution in [0.15, 0.2) is 21.3 Å². The summed E-state index contributed by atoms with van der Waals surface area (Å²) in [6, 6.07) is 1.76. The lowest BCUT2D eigenvalue weighted by Gasteiger charge is -2.00. The number of aromatic nitrogens is 1. The molecule has 11 heavy (non-hydrogen) atoms. The molecular formula is C6H4Br2N2O. The lowest BCUT2D eigenvalue weighted by Crippen LogP contribution is -1.95. The van der Waals surface area contributed by atoms with Crippen molar-refractivity contribution in [3.05, 3.63) is 21.3 Å². The van der Waals surface area contributed by atoms with Crippen LogP contribution in [0.4, 0.5) is 5.69 Å². The van der Waals surface area contributed by atoms with E-state index in [1.807, 2.05) is 0 Å². The Bertz CT molecular complexity index is 277. The predicted octanol–water partition coefficient (Wildman–Crippen LogP) is 2.17. The van der Waals surface area contributed by atoms with Crippen molar-refractivity contribution in [3.8, 4) is 0 Å². The summed E-state index contributed by atoms with van der Waals surface area (Å²) in [5.41, 5.74) is 0.656. The second-order valence-electron chi connectivity index (χ2n) is 1.75. The van der Waals surface area contributed by atoms with Crippen LogP contribution in [-0.4, -0.2) is 11.4 Å². The lowest BCUT2D eigenvalue weighted by molar-refractivity contribution is -0.105. The van der Waals surface area contributed by atoms with Crippen molar-refractivity contribution in [2.24, 2.45) is 0 Å². The molecule has 5 heteroatoms. The number of rotatable bonds is 2. The number of hydrogen-bond donors (Lipinski definition) is 1. The number of nitrogens with one attached hydrogen (secondary N) is 1. The Morgan fingerprint density at radius 2 is 2.27 bits per heavy atom. The standard InChI is InChI=1S/C6H4Br2N2O/c7-4-1-6(8)9-2-5(4)10-3-11/h1-3H,(H,10,11). The maximum Gasteiger partial charge on any atom is 0.211 e. The van der Waals surface area contributed by atoms with E-state index in [0.29, 0.717) is 12.1 Å². The number of amides is 1. The minimum atomic E-state index is 0.607. The van der Waals surface area contributed by atoms with Gasteiger partial charge in [0.25, 0.3) is 0 Å². The van der Waals surface area contributed by atoms with Gasteiger partial charge in [-0.2, -0.15) is 0 Å². The smallest absolute Gasteiger partial charge is 0.211 e. The molecule has 0 radical (unpaired) electrons. The van der Waals surface area contributed by atoms with Crippen molar-refractivity contribution in [3.63, 3.8) is 0 Å². The molecule has 0 atom stereocenters. The van der Waals surface area contributed by atoms with E-state index in [1.165, 1.54) is 0 Å². The van der Waals surface area contributed by atoms with Gasteiger partial charge in [0.1, 0.15) is 4.60 Å². The topological polar surface area (TPSA) is 42.0 Å². The van der Waals surface area contributed by atoms with E-state index in [-0.39, 0.29) is 0 Å². The number of carbonyl (C=O) groups is 1. The molecule has 3 nitrogen and oxygen atoms in total. The highest BCUT2D eigenvalue weighted by atomic mass is 79.9. The molecule has 0 unspecified atom stereocenters. The van der Waals surface area contributed by atoms with Crippen molar-refractivity contribution in [2.45, 2.75) is 0 Å². The first-order valence-electron chi connectivity index (χ1n) is 2.75. The van der Waals surface area contributed by atoms with Crippen LogP contribution >= 0.6 is 31.9 Å². The van der Waals surface area contributed by atoms with Gasteiger partial charge in [0.2, 0.25) is 6.41 Å². The fourth-order valence-corrected chi connectivity index (χ4v) is 1.65. The number of carbonyl (C=O) groups excluding carboxylic acids is 1. The number of nitrogens with zero attached hydrogens (tertiary/aromatic N) is 1. The summed E-state index contributed by atoms with van der Waals surface area (Å²) >= 11 is 6.45. The van der Waals surface area contributed by atoms with Crippen molar-refractivity contribution >= 4 is 44.0 Å². The largest absolute Gasteiger partial charge is 0.326 e. The number of pyridine rings is 1. The van der Waals surface area contributed by atoms with Crippen LogP contribution in [0.25, 0.3) is 0 Å². The van der Waals surface area contributed by atoms with Gasteiger partial charge in [-0.1, -0.05) is 0 Å². The Morgan fingerprint density at radius 1 is 1.55 bits per heavy atom. The van der Waals surface area contributed by atoms with Gasteiger partial charge in [0, 0.05) is 4.47 Å². The van der Waals surface area contributed by atoms with E-state index < -0.39 is 0 Å². The van der Waals surface area contributed by atoms with Crippen LogP contribution in [0.3, 0.4) is 0 Å². The Hall–Kier alpha value is -0.420. The zero-order valence-electron chi connectivity index (χ0n) is 5.34. The van der Waals surface area contributed by atoms with Crippen molar-refractivity contribution in [2.75, 3.05) is 5.32 Å². The van der Waals surface area contributed by atoms with Crippen LogP contribution in [0.5, 0.6) is 0 Å². The summed E-state index contributed by atoms with van der Waals surface area (Å²) in [4.78, 5) is 14.0. The molecule has 1 aromatic heterocycles. The average molecular weight is 280 g/mol. The van der Waals surface area contributed by atoms with Crippen LogP contribution in [-0.2, 0) is 4.79 Å². The highest BCUT2D eigenvalue weighted by Crippen LogP contribution is 2.23. The highest BCUT2D eigenvalue weighted by Gasteiger charge is 1.98. The molecule has 0 aliphatic heterocycles. The molecule has 1 amide bonds. The van der Waals surface area contributed by atoms with E-state index in [2.05, 4.69) is 42.2 Å². The molecule has 0 spiro atoms. The van der Waals surface area contributed by atoms with E-state index in [9.17, 15) is 4.79 Å². The zero-order valence-corrected chi connectivity index (χ0v) is 8.52. The van der Waals surface area contributed by atoms with Crippen LogP contribution in [0.1, 0.15) is 0 Å². The van der Waals surface area contributed by atoms with Crippen molar-refractivity contribution in [1.82, 2.24) is 4.98 Å². The molecule has 0 saturated carbocycles. The van der Waals surface area contributed by atoms with Gasteiger partial charge in [-0.15, -0.1) is 0 Å². The molecule has 1 heterocycles. The van der Waals surface area contributed by atoms with Crippen molar-refractivity contribution < 1.29 is 4.79 Å². The summed E-state index contributed by atoms with van der Waals surface area (Å²) in [5, 5.41) is 2.49. The molecule has 0 aliphatic carbocycles. The average Bonchev–Trinajstić information content (AvgIpc) is 1.95. The Balaban J connectivity index is 2.98. The molecule has 0 aliphatic rings. The fourth-order valence-electron chi connectivity index (χ4n) is 0.577. The third-order valence-electron chi connectivity index (χ3n) is 1.03. The summed E-state index contributed by atoms with van der Waals surface area (Å²) in [5.74, 6) is 0. The van der Waals surface area contributed by atoms with Gasteiger partial charge in [0.05, 0.1) is 11.9 Å². The Labute approximate surface area is 80.5 Å². The molecule has 1 rings (SSSR count). The number of anilines is 1. The van der Waals surface area contributed by atoms with Crippen LogP contribution in [0, 0.1) is 0 Å². The minimum Gasteiger partial charge on any atom is -0.326 e. The highest BCUT2D eigenvalue weighted by molar-refractivity contribution is 9.11. The van der Waals surface area contributed by atoms with Gasteiger partial charge >= 0.3 is 0 Å². The maximum absolute atomic E-state index is 10.0. The van der Waals surface area contributed by atoms with Gasteiger partial charge < -0.3 is 5.32 Å².